The fraction of sp³-hybridized carbons (Fsp3) is 0.256. The number of esters is 1. The first-order valence-corrected chi connectivity index (χ1v) is 17.1. The number of benzene rings is 4. The number of hydrogen-bond donors (Lipinski definition) is 1. The van der Waals surface area contributed by atoms with Gasteiger partial charge in [-0.3, -0.25) is 4.57 Å². The van der Waals surface area contributed by atoms with E-state index in [-0.39, 0.29) is 12.5 Å². The molecule has 0 aliphatic carbocycles. The molecule has 50 heavy (non-hydrogen) atoms. The van der Waals surface area contributed by atoms with Crippen molar-refractivity contribution in [2.75, 3.05) is 26.6 Å². The molecule has 256 valence electrons. The van der Waals surface area contributed by atoms with Gasteiger partial charge in [-0.05, 0) is 60.0 Å². The van der Waals surface area contributed by atoms with Crippen LogP contribution in [0.25, 0.3) is 0 Å². The first-order chi connectivity index (χ1) is 24.3. The summed E-state index contributed by atoms with van der Waals surface area (Å²) in [7, 11) is 3.27. The number of rotatable bonds is 11. The monoisotopic (exact) mass is 692 g/mol. The van der Waals surface area contributed by atoms with Gasteiger partial charge in [0.15, 0.2) is 6.23 Å². The Kier molecular flexibility index (Phi) is 9.23. The Morgan fingerprint density at radius 1 is 0.900 bits per heavy atom. The van der Waals surface area contributed by atoms with Gasteiger partial charge >= 0.3 is 11.7 Å². The molecule has 3 heterocycles. The van der Waals surface area contributed by atoms with Crippen LogP contribution in [0.5, 0.6) is 17.4 Å². The lowest BCUT2D eigenvalue weighted by molar-refractivity contribution is -0.165. The van der Waals surface area contributed by atoms with Crippen LogP contribution in [0.4, 0.5) is 0 Å². The van der Waals surface area contributed by atoms with Crippen molar-refractivity contribution >= 4 is 17.7 Å². The standard InChI is InChI=1S/C39H36N2O8S/c1-25-22-41(37(44)40-34(25)48-36(43)26-10-6-4-7-11-26)35-32-33(42)38(49-35,23-47-32)24-50-39(27-12-8-5-9-13-27,28-14-18-30(45-2)19-15-28)29-16-20-31(46-3)21-17-29/h4-22,32-33,35,42H,23-24H2,1-3H3/t32?,33?,35-,38-/m1/s1. The van der Waals surface area contributed by atoms with E-state index in [9.17, 15) is 14.7 Å². The van der Waals surface area contributed by atoms with Gasteiger partial charge in [0.25, 0.3) is 0 Å². The fourth-order valence-electron chi connectivity index (χ4n) is 6.60. The molecule has 4 atom stereocenters. The minimum atomic E-state index is -1.15. The van der Waals surface area contributed by atoms with Gasteiger partial charge in [-0.1, -0.05) is 72.8 Å². The van der Waals surface area contributed by atoms with Crippen LogP contribution in [0.3, 0.4) is 0 Å². The molecule has 1 aromatic heterocycles. The van der Waals surface area contributed by atoms with Crippen LogP contribution >= 0.6 is 11.8 Å². The molecule has 5 aromatic rings. The molecule has 0 spiro atoms. The van der Waals surface area contributed by atoms with E-state index in [1.54, 1.807) is 63.2 Å². The Labute approximate surface area is 293 Å². The molecule has 0 amide bonds. The van der Waals surface area contributed by atoms with Crippen LogP contribution in [0.15, 0.2) is 120 Å². The maximum Gasteiger partial charge on any atom is 0.353 e. The van der Waals surface area contributed by atoms with E-state index in [0.717, 1.165) is 28.2 Å². The maximum absolute atomic E-state index is 13.4. The number of carbonyl (C=O) groups excluding carboxylic acids is 1. The molecular weight excluding hydrogens is 657 g/mol. The Bertz CT molecular complexity index is 1970. The summed E-state index contributed by atoms with van der Waals surface area (Å²) in [5.41, 5.74) is 1.94. The topological polar surface area (TPSA) is 118 Å². The molecule has 4 aromatic carbocycles. The third kappa shape index (κ3) is 5.96. The molecule has 7 rings (SSSR count). The average Bonchev–Trinajstić information content (AvgIpc) is 3.62. The summed E-state index contributed by atoms with van der Waals surface area (Å²) in [6.07, 6.45) is -1.29. The highest BCUT2D eigenvalue weighted by molar-refractivity contribution is 8.00. The zero-order valence-corrected chi connectivity index (χ0v) is 28.5. The van der Waals surface area contributed by atoms with Crippen molar-refractivity contribution in [2.24, 2.45) is 0 Å². The molecular formula is C39H36N2O8S. The summed E-state index contributed by atoms with van der Waals surface area (Å²) < 4.78 is 29.7. The lowest BCUT2D eigenvalue weighted by atomic mass is 9.84. The van der Waals surface area contributed by atoms with Crippen molar-refractivity contribution < 1.29 is 33.6 Å². The van der Waals surface area contributed by atoms with Crippen LogP contribution in [0.1, 0.15) is 38.8 Å². The van der Waals surface area contributed by atoms with Crippen molar-refractivity contribution in [3.63, 3.8) is 0 Å². The maximum atomic E-state index is 13.4. The second-order valence-electron chi connectivity index (χ2n) is 12.3. The van der Waals surface area contributed by atoms with Gasteiger partial charge in [-0.15, -0.1) is 11.8 Å². The van der Waals surface area contributed by atoms with Crippen molar-refractivity contribution in [2.45, 2.75) is 35.7 Å². The Morgan fingerprint density at radius 3 is 2.04 bits per heavy atom. The smallest absolute Gasteiger partial charge is 0.353 e. The second kappa shape index (κ2) is 13.8. The number of nitrogens with zero attached hydrogens (tertiary/aromatic N) is 2. The summed E-state index contributed by atoms with van der Waals surface area (Å²) in [5, 5.41) is 11.7. The quantitative estimate of drug-likeness (QED) is 0.140. The fourth-order valence-corrected chi connectivity index (χ4v) is 8.29. The van der Waals surface area contributed by atoms with Crippen LogP contribution < -0.4 is 19.9 Å². The Hall–Kier alpha value is -4.94. The summed E-state index contributed by atoms with van der Waals surface area (Å²) >= 11 is 1.61. The molecule has 2 aliphatic heterocycles. The van der Waals surface area contributed by atoms with Crippen LogP contribution in [0.2, 0.25) is 0 Å². The number of carbonyl (C=O) groups is 1. The number of thioether (sulfide) groups is 1. The largest absolute Gasteiger partial charge is 0.497 e. The minimum absolute atomic E-state index is 0.0957. The van der Waals surface area contributed by atoms with Crippen molar-refractivity contribution in [1.29, 1.82) is 0 Å². The molecule has 1 N–H and O–H groups in total. The van der Waals surface area contributed by atoms with E-state index in [1.165, 1.54) is 10.8 Å². The predicted molar refractivity (Wildman–Crippen MR) is 188 cm³/mol. The van der Waals surface area contributed by atoms with Gasteiger partial charge < -0.3 is 28.8 Å². The first-order valence-electron chi connectivity index (χ1n) is 16.1. The number of methoxy groups -OCH3 is 2. The number of hydrogen-bond acceptors (Lipinski definition) is 10. The van der Waals surface area contributed by atoms with Crippen LogP contribution in [-0.4, -0.2) is 65.0 Å². The Balaban J connectivity index is 1.22. The van der Waals surface area contributed by atoms with Gasteiger partial charge in [0, 0.05) is 17.5 Å². The summed E-state index contributed by atoms with van der Waals surface area (Å²) in [6.45, 7) is 1.82. The summed E-state index contributed by atoms with van der Waals surface area (Å²) in [6, 6.07) is 34.5. The van der Waals surface area contributed by atoms with E-state index >= 15 is 0 Å². The molecule has 11 heteroatoms. The molecule has 0 radical (unpaired) electrons. The van der Waals surface area contributed by atoms with Gasteiger partial charge in [0.1, 0.15) is 29.3 Å². The number of aliphatic hydroxyl groups is 1. The second-order valence-corrected chi connectivity index (χ2v) is 13.5. The van der Waals surface area contributed by atoms with Crippen molar-refractivity contribution in [3.05, 3.63) is 154 Å². The molecule has 2 saturated heterocycles. The van der Waals surface area contributed by atoms with Crippen molar-refractivity contribution in [3.8, 4) is 17.4 Å². The summed E-state index contributed by atoms with van der Waals surface area (Å²) in [5.74, 6) is 1.05. The van der Waals surface area contributed by atoms with E-state index in [1.807, 2.05) is 66.7 Å². The van der Waals surface area contributed by atoms with E-state index < -0.39 is 40.4 Å². The lowest BCUT2D eigenvalue weighted by Crippen LogP contribution is -2.45. The third-order valence-corrected chi connectivity index (χ3v) is 11.0. The van der Waals surface area contributed by atoms with Crippen LogP contribution in [-0.2, 0) is 14.2 Å². The molecule has 2 aliphatic rings. The molecule has 10 nitrogen and oxygen atoms in total. The molecule has 2 unspecified atom stereocenters. The zero-order valence-electron chi connectivity index (χ0n) is 27.7. The number of aliphatic hydroxyl groups excluding tert-OH is 1. The normalized spacial score (nSPS) is 21.2. The van der Waals surface area contributed by atoms with Gasteiger partial charge in [-0.25, -0.2) is 9.59 Å². The number of aryl methyl sites for hydroxylation is 1. The van der Waals surface area contributed by atoms with Gasteiger partial charge in [0.2, 0.25) is 5.88 Å². The van der Waals surface area contributed by atoms with Crippen LogP contribution in [0, 0.1) is 6.92 Å². The van der Waals surface area contributed by atoms with Crippen molar-refractivity contribution in [1.82, 2.24) is 9.55 Å². The van der Waals surface area contributed by atoms with Gasteiger partial charge in [-0.2, -0.15) is 4.98 Å². The van der Waals surface area contributed by atoms with E-state index in [0.29, 0.717) is 16.9 Å². The molecule has 0 saturated carbocycles. The SMILES string of the molecule is COc1ccc(C(SC[C@]23COC(C2O)[C@H](n2cc(C)c(OC(=O)c4ccccc4)nc2=O)O3)(c2ccccc2)c2ccc(OC)cc2)cc1. The highest BCUT2D eigenvalue weighted by Crippen LogP contribution is 2.54. The minimum Gasteiger partial charge on any atom is -0.497 e. The summed E-state index contributed by atoms with van der Waals surface area (Å²) in [4.78, 5) is 30.1. The number of aromatic nitrogens is 2. The predicted octanol–water partition coefficient (Wildman–Crippen LogP) is 5.54. The Morgan fingerprint density at radius 2 is 1.46 bits per heavy atom. The third-order valence-electron chi connectivity index (χ3n) is 9.27. The van der Waals surface area contributed by atoms with Gasteiger partial charge in [0.05, 0.1) is 31.1 Å². The lowest BCUT2D eigenvalue weighted by Gasteiger charge is -2.39. The number of fused-ring (bicyclic) bond motifs is 2. The zero-order chi connectivity index (χ0) is 34.9. The number of ether oxygens (including phenoxy) is 5. The van der Waals surface area contributed by atoms with E-state index in [4.69, 9.17) is 23.7 Å². The molecule has 2 bridgehead atoms. The van der Waals surface area contributed by atoms with E-state index in [2.05, 4.69) is 17.1 Å². The average molecular weight is 693 g/mol. The molecule has 2 fully saturated rings. The highest BCUT2D eigenvalue weighted by atomic mass is 32.2. The highest BCUT2D eigenvalue weighted by Gasteiger charge is 2.62. The first kappa shape index (κ1) is 33.6.